The number of sulfonamides is 1. The van der Waals surface area contributed by atoms with E-state index >= 15 is 0 Å². The Morgan fingerprint density at radius 1 is 1.30 bits per heavy atom. The number of hydrogen-bond acceptors (Lipinski definition) is 4. The molecule has 3 aromatic rings. The van der Waals surface area contributed by atoms with E-state index in [9.17, 15) is 12.8 Å². The highest BCUT2D eigenvalue weighted by Crippen LogP contribution is 2.36. The minimum absolute atomic E-state index is 0.103. The molecule has 0 radical (unpaired) electrons. The molecule has 1 aliphatic rings. The van der Waals surface area contributed by atoms with Gasteiger partial charge in [0.05, 0.1) is 18.2 Å². The van der Waals surface area contributed by atoms with Crippen molar-refractivity contribution in [3.63, 3.8) is 0 Å². The molecule has 6 nitrogen and oxygen atoms in total. The van der Waals surface area contributed by atoms with Crippen molar-refractivity contribution in [1.82, 2.24) is 14.3 Å². The van der Waals surface area contributed by atoms with Crippen LogP contribution in [0.3, 0.4) is 0 Å². The standard InChI is InChI=1S/C19H20FN3O3S/c1-19(2)12-26-16(13-5-3-6-14(20)9-13)11-23(19)27(24,25)17-10-22-18-15(17)7-4-8-21-18/h3-10,16H,11-12H2,1-2H3,(H,21,22). The summed E-state index contributed by atoms with van der Waals surface area (Å²) in [6.07, 6.45) is 2.54. The van der Waals surface area contributed by atoms with Gasteiger partial charge in [-0.3, -0.25) is 0 Å². The number of benzene rings is 1. The summed E-state index contributed by atoms with van der Waals surface area (Å²) in [6.45, 7) is 3.94. The first kappa shape index (κ1) is 18.1. The quantitative estimate of drug-likeness (QED) is 0.746. The van der Waals surface area contributed by atoms with Crippen molar-refractivity contribution in [2.24, 2.45) is 0 Å². The van der Waals surface area contributed by atoms with E-state index < -0.39 is 21.7 Å². The number of ether oxygens (including phenoxy) is 1. The number of nitrogens with one attached hydrogen (secondary N) is 1. The first-order valence-electron chi connectivity index (χ1n) is 8.61. The lowest BCUT2D eigenvalue weighted by atomic mass is 10.0. The number of aromatic amines is 1. The van der Waals surface area contributed by atoms with Crippen LogP contribution in [-0.4, -0.2) is 41.4 Å². The van der Waals surface area contributed by atoms with Crippen molar-refractivity contribution in [3.05, 3.63) is 60.2 Å². The molecule has 1 saturated heterocycles. The van der Waals surface area contributed by atoms with Crippen LogP contribution in [0.15, 0.2) is 53.7 Å². The number of H-pyrrole nitrogens is 1. The van der Waals surface area contributed by atoms with E-state index in [0.717, 1.165) is 0 Å². The number of fused-ring (bicyclic) bond motifs is 1. The smallest absolute Gasteiger partial charge is 0.245 e. The number of pyridine rings is 1. The molecule has 0 amide bonds. The Hall–Kier alpha value is -2.29. The second-order valence-corrected chi connectivity index (χ2v) is 9.09. The van der Waals surface area contributed by atoms with Gasteiger partial charge in [0.2, 0.25) is 10.0 Å². The largest absolute Gasteiger partial charge is 0.370 e. The molecule has 1 atom stereocenters. The summed E-state index contributed by atoms with van der Waals surface area (Å²) >= 11 is 0. The average Bonchev–Trinajstić information content (AvgIpc) is 3.06. The van der Waals surface area contributed by atoms with Crippen LogP contribution in [0.4, 0.5) is 4.39 Å². The summed E-state index contributed by atoms with van der Waals surface area (Å²) in [4.78, 5) is 7.26. The SMILES string of the molecule is CC1(C)COC(c2cccc(F)c2)CN1S(=O)(=O)c1c[nH]c2ncccc12. The predicted octanol–water partition coefficient (Wildman–Crippen LogP) is 3.24. The summed E-state index contributed by atoms with van der Waals surface area (Å²) in [7, 11) is -3.82. The predicted molar refractivity (Wildman–Crippen MR) is 99.2 cm³/mol. The third kappa shape index (κ3) is 3.13. The molecule has 0 spiro atoms. The van der Waals surface area contributed by atoms with Crippen LogP contribution < -0.4 is 0 Å². The second kappa shape index (κ2) is 6.40. The average molecular weight is 389 g/mol. The van der Waals surface area contributed by atoms with E-state index in [4.69, 9.17) is 4.74 Å². The fourth-order valence-electron chi connectivity index (χ4n) is 3.42. The van der Waals surface area contributed by atoms with E-state index in [2.05, 4.69) is 9.97 Å². The van der Waals surface area contributed by atoms with Crippen molar-refractivity contribution in [3.8, 4) is 0 Å². The van der Waals surface area contributed by atoms with Gasteiger partial charge in [0, 0.05) is 24.3 Å². The number of halogens is 1. The van der Waals surface area contributed by atoms with E-state index in [1.807, 2.05) is 13.8 Å². The highest BCUT2D eigenvalue weighted by atomic mass is 32.2. The molecule has 1 aliphatic heterocycles. The Labute approximate surface area is 157 Å². The molecule has 0 bridgehead atoms. The molecule has 4 rings (SSSR count). The third-order valence-electron chi connectivity index (χ3n) is 4.85. The minimum Gasteiger partial charge on any atom is -0.370 e. The lowest BCUT2D eigenvalue weighted by Crippen LogP contribution is -2.56. The highest BCUT2D eigenvalue weighted by Gasteiger charge is 2.44. The monoisotopic (exact) mass is 389 g/mol. The number of hydrogen-bond donors (Lipinski definition) is 1. The van der Waals surface area contributed by atoms with Crippen molar-refractivity contribution < 1.29 is 17.5 Å². The van der Waals surface area contributed by atoms with Gasteiger partial charge >= 0.3 is 0 Å². The summed E-state index contributed by atoms with van der Waals surface area (Å²) in [5.41, 5.74) is 0.393. The van der Waals surface area contributed by atoms with Crippen LogP contribution in [0, 0.1) is 5.82 Å². The Kier molecular flexibility index (Phi) is 4.29. The number of aromatic nitrogens is 2. The summed E-state index contributed by atoms with van der Waals surface area (Å²) in [6, 6.07) is 9.50. The maximum atomic E-state index is 13.6. The van der Waals surface area contributed by atoms with Crippen LogP contribution >= 0.6 is 0 Å². The Morgan fingerprint density at radius 3 is 2.89 bits per heavy atom. The van der Waals surface area contributed by atoms with Crippen LogP contribution in [0.5, 0.6) is 0 Å². The Balaban J connectivity index is 1.75. The second-order valence-electron chi connectivity index (χ2n) is 7.26. The molecule has 3 heterocycles. The van der Waals surface area contributed by atoms with Gasteiger partial charge in [0.1, 0.15) is 16.4 Å². The van der Waals surface area contributed by atoms with E-state index in [0.29, 0.717) is 16.6 Å². The maximum absolute atomic E-state index is 13.6. The van der Waals surface area contributed by atoms with Crippen molar-refractivity contribution in [2.75, 3.05) is 13.2 Å². The molecule has 1 unspecified atom stereocenters. The molecule has 2 aromatic heterocycles. The van der Waals surface area contributed by atoms with Crippen molar-refractivity contribution in [2.45, 2.75) is 30.4 Å². The van der Waals surface area contributed by atoms with Crippen LogP contribution in [0.2, 0.25) is 0 Å². The molecule has 0 saturated carbocycles. The zero-order valence-electron chi connectivity index (χ0n) is 15.0. The fourth-order valence-corrected chi connectivity index (χ4v) is 5.34. The molecule has 1 fully saturated rings. The first-order valence-corrected chi connectivity index (χ1v) is 10.0. The van der Waals surface area contributed by atoms with E-state index in [-0.39, 0.29) is 23.9 Å². The van der Waals surface area contributed by atoms with Gasteiger partial charge in [-0.05, 0) is 43.7 Å². The number of nitrogens with zero attached hydrogens (tertiary/aromatic N) is 2. The first-order chi connectivity index (χ1) is 12.8. The molecule has 142 valence electrons. The van der Waals surface area contributed by atoms with Crippen LogP contribution in [0.25, 0.3) is 11.0 Å². The molecule has 1 N–H and O–H groups in total. The molecular formula is C19H20FN3O3S. The maximum Gasteiger partial charge on any atom is 0.245 e. The Bertz CT molecular complexity index is 1090. The van der Waals surface area contributed by atoms with Gasteiger partial charge in [-0.2, -0.15) is 4.31 Å². The van der Waals surface area contributed by atoms with Gasteiger partial charge in [0.25, 0.3) is 0 Å². The van der Waals surface area contributed by atoms with Gasteiger partial charge in [-0.1, -0.05) is 12.1 Å². The molecule has 27 heavy (non-hydrogen) atoms. The number of morpholine rings is 1. The lowest BCUT2D eigenvalue weighted by Gasteiger charge is -2.44. The van der Waals surface area contributed by atoms with E-state index in [1.54, 1.807) is 30.5 Å². The van der Waals surface area contributed by atoms with Crippen molar-refractivity contribution in [1.29, 1.82) is 0 Å². The molecule has 1 aromatic carbocycles. The van der Waals surface area contributed by atoms with Gasteiger partial charge in [0.15, 0.2) is 0 Å². The fraction of sp³-hybridized carbons (Fsp3) is 0.316. The van der Waals surface area contributed by atoms with Gasteiger partial charge in [-0.25, -0.2) is 17.8 Å². The lowest BCUT2D eigenvalue weighted by molar-refractivity contribution is -0.0655. The van der Waals surface area contributed by atoms with Crippen LogP contribution in [-0.2, 0) is 14.8 Å². The topological polar surface area (TPSA) is 75.3 Å². The van der Waals surface area contributed by atoms with E-state index in [1.165, 1.54) is 22.6 Å². The highest BCUT2D eigenvalue weighted by molar-refractivity contribution is 7.89. The zero-order valence-corrected chi connectivity index (χ0v) is 15.8. The summed E-state index contributed by atoms with van der Waals surface area (Å²) < 4.78 is 47.9. The molecule has 8 heteroatoms. The van der Waals surface area contributed by atoms with Gasteiger partial charge < -0.3 is 9.72 Å². The number of rotatable bonds is 3. The summed E-state index contributed by atoms with van der Waals surface area (Å²) in [5, 5.41) is 0.544. The van der Waals surface area contributed by atoms with Crippen molar-refractivity contribution >= 4 is 21.1 Å². The van der Waals surface area contributed by atoms with Gasteiger partial charge in [-0.15, -0.1) is 0 Å². The normalized spacial score (nSPS) is 20.8. The third-order valence-corrected chi connectivity index (χ3v) is 6.96. The molecular weight excluding hydrogens is 369 g/mol. The zero-order chi connectivity index (χ0) is 19.2. The summed E-state index contributed by atoms with van der Waals surface area (Å²) in [5.74, 6) is -0.377. The van der Waals surface area contributed by atoms with Crippen LogP contribution in [0.1, 0.15) is 25.5 Å². The molecule has 0 aliphatic carbocycles. The minimum atomic E-state index is -3.82. The Morgan fingerprint density at radius 2 is 2.11 bits per heavy atom.